The molecule has 26 heavy (non-hydrogen) atoms. The number of benzene rings is 1. The summed E-state index contributed by atoms with van der Waals surface area (Å²) in [7, 11) is 1.34. The molecule has 2 aliphatic rings. The molecule has 0 saturated carbocycles. The molecule has 1 aromatic rings. The minimum atomic E-state index is -0.961. The molecule has 0 radical (unpaired) electrons. The van der Waals surface area contributed by atoms with E-state index in [-0.39, 0.29) is 5.91 Å². The molecule has 0 spiro atoms. The van der Waals surface area contributed by atoms with Gasteiger partial charge in [-0.2, -0.15) is 0 Å². The topological polar surface area (TPSA) is 95.9 Å². The van der Waals surface area contributed by atoms with Crippen molar-refractivity contribution in [3.05, 3.63) is 35.9 Å². The van der Waals surface area contributed by atoms with Crippen LogP contribution in [0.1, 0.15) is 24.8 Å². The van der Waals surface area contributed by atoms with E-state index in [2.05, 4.69) is 5.32 Å². The predicted molar refractivity (Wildman–Crippen MR) is 96.1 cm³/mol. The number of carbonyl (C=O) groups is 3. The van der Waals surface area contributed by atoms with E-state index in [0.717, 1.165) is 24.1 Å². The summed E-state index contributed by atoms with van der Waals surface area (Å²) in [5.41, 5.74) is 2.28. The van der Waals surface area contributed by atoms with Crippen molar-refractivity contribution in [1.82, 2.24) is 0 Å². The molecule has 1 aliphatic heterocycles. The Morgan fingerprint density at radius 1 is 1.19 bits per heavy atom. The van der Waals surface area contributed by atoms with Gasteiger partial charge in [0.1, 0.15) is 0 Å². The van der Waals surface area contributed by atoms with Crippen molar-refractivity contribution in [3.63, 3.8) is 0 Å². The largest absolute Gasteiger partial charge is 0.481 e. The van der Waals surface area contributed by atoms with Gasteiger partial charge in [-0.15, -0.1) is 0 Å². The molecule has 2 unspecified atom stereocenters. The Bertz CT molecular complexity index is 758. The number of allylic oxidation sites excluding steroid dienone is 2. The molecule has 7 heteroatoms. The summed E-state index contributed by atoms with van der Waals surface area (Å²) in [6.45, 7) is 0.561. The van der Waals surface area contributed by atoms with E-state index < -0.39 is 23.9 Å². The first-order valence-electron chi connectivity index (χ1n) is 8.68. The van der Waals surface area contributed by atoms with Crippen LogP contribution in [-0.2, 0) is 20.7 Å². The van der Waals surface area contributed by atoms with Gasteiger partial charge in [-0.1, -0.05) is 18.2 Å². The lowest BCUT2D eigenvalue weighted by atomic mass is 9.82. The van der Waals surface area contributed by atoms with Crippen LogP contribution in [0.4, 0.5) is 16.2 Å². The Kier molecular flexibility index (Phi) is 5.25. The number of amides is 2. The zero-order chi connectivity index (χ0) is 18.7. The monoisotopic (exact) mass is 358 g/mol. The molecule has 2 amide bonds. The van der Waals surface area contributed by atoms with Gasteiger partial charge in [0.15, 0.2) is 0 Å². The number of carbonyl (C=O) groups excluding carboxylic acids is 2. The average Bonchev–Trinajstić information content (AvgIpc) is 2.66. The van der Waals surface area contributed by atoms with E-state index in [9.17, 15) is 19.5 Å². The number of methoxy groups -OCH3 is 1. The molecule has 1 heterocycles. The highest BCUT2D eigenvalue weighted by atomic mass is 16.5. The highest BCUT2D eigenvalue weighted by molar-refractivity contribution is 5.97. The lowest BCUT2D eigenvalue weighted by Crippen LogP contribution is -2.36. The van der Waals surface area contributed by atoms with Gasteiger partial charge in [-0.05, 0) is 43.4 Å². The minimum Gasteiger partial charge on any atom is -0.481 e. The van der Waals surface area contributed by atoms with E-state index >= 15 is 0 Å². The number of carboxylic acids is 1. The second-order valence-corrected chi connectivity index (χ2v) is 6.55. The smallest absolute Gasteiger partial charge is 0.414 e. The maximum Gasteiger partial charge on any atom is 0.414 e. The molecule has 0 aromatic heterocycles. The highest BCUT2D eigenvalue weighted by Crippen LogP contribution is 2.32. The van der Waals surface area contributed by atoms with Crippen molar-refractivity contribution in [1.29, 1.82) is 0 Å². The van der Waals surface area contributed by atoms with Crippen molar-refractivity contribution in [2.24, 2.45) is 11.8 Å². The van der Waals surface area contributed by atoms with Gasteiger partial charge in [-0.3, -0.25) is 14.5 Å². The molecule has 3 rings (SSSR count). The summed E-state index contributed by atoms with van der Waals surface area (Å²) in [4.78, 5) is 37.5. The third kappa shape index (κ3) is 3.56. The van der Waals surface area contributed by atoms with E-state index in [4.69, 9.17) is 4.74 Å². The van der Waals surface area contributed by atoms with Crippen LogP contribution in [0.2, 0.25) is 0 Å². The van der Waals surface area contributed by atoms with Gasteiger partial charge < -0.3 is 15.2 Å². The molecule has 7 nitrogen and oxygen atoms in total. The van der Waals surface area contributed by atoms with Crippen LogP contribution in [0.5, 0.6) is 0 Å². The number of fused-ring (bicyclic) bond motifs is 1. The molecule has 0 saturated heterocycles. The van der Waals surface area contributed by atoms with Gasteiger partial charge in [0.2, 0.25) is 5.91 Å². The van der Waals surface area contributed by atoms with Crippen LogP contribution in [-0.4, -0.2) is 36.7 Å². The first-order chi connectivity index (χ1) is 12.5. The number of aryl methyl sites for hydroxylation is 1. The summed E-state index contributed by atoms with van der Waals surface area (Å²) in [5.74, 6) is -2.60. The second kappa shape index (κ2) is 7.59. The normalized spacial score (nSPS) is 21.7. The van der Waals surface area contributed by atoms with Crippen molar-refractivity contribution in [2.45, 2.75) is 25.7 Å². The number of hydrogen-bond donors (Lipinski definition) is 2. The molecular weight excluding hydrogens is 336 g/mol. The van der Waals surface area contributed by atoms with E-state index in [1.807, 2.05) is 12.1 Å². The third-order valence-corrected chi connectivity index (χ3v) is 4.95. The number of aliphatic carboxylic acids is 1. The van der Waals surface area contributed by atoms with Gasteiger partial charge in [0, 0.05) is 12.2 Å². The molecule has 2 atom stereocenters. The van der Waals surface area contributed by atoms with Crippen LogP contribution in [0.3, 0.4) is 0 Å². The lowest BCUT2D eigenvalue weighted by molar-refractivity contribution is -0.146. The van der Waals surface area contributed by atoms with Crippen LogP contribution in [0.25, 0.3) is 0 Å². The first-order valence-corrected chi connectivity index (χ1v) is 8.68. The van der Waals surface area contributed by atoms with E-state index in [0.29, 0.717) is 25.1 Å². The van der Waals surface area contributed by atoms with Gasteiger partial charge in [0.25, 0.3) is 0 Å². The Hall–Kier alpha value is -2.83. The molecule has 138 valence electrons. The second-order valence-electron chi connectivity index (χ2n) is 6.55. The summed E-state index contributed by atoms with van der Waals surface area (Å²) < 4.78 is 4.83. The minimum absolute atomic E-state index is 0.317. The number of hydrogen-bond acceptors (Lipinski definition) is 4. The zero-order valence-corrected chi connectivity index (χ0v) is 14.6. The van der Waals surface area contributed by atoms with Crippen molar-refractivity contribution in [3.8, 4) is 0 Å². The quantitative estimate of drug-likeness (QED) is 0.810. The number of carboxylic acid groups (broad SMARTS) is 1. The number of nitrogens with one attached hydrogen (secondary N) is 1. The Balaban J connectivity index is 1.80. The zero-order valence-electron chi connectivity index (χ0n) is 14.6. The highest BCUT2D eigenvalue weighted by Gasteiger charge is 2.34. The fourth-order valence-electron chi connectivity index (χ4n) is 3.56. The van der Waals surface area contributed by atoms with E-state index in [1.54, 1.807) is 23.1 Å². The van der Waals surface area contributed by atoms with Crippen molar-refractivity contribution in [2.75, 3.05) is 23.9 Å². The molecule has 2 N–H and O–H groups in total. The Labute approximate surface area is 151 Å². The van der Waals surface area contributed by atoms with Crippen LogP contribution >= 0.6 is 0 Å². The first kappa shape index (κ1) is 18.0. The number of rotatable bonds is 3. The fraction of sp³-hybridized carbons (Fsp3) is 0.421. The number of nitrogens with zero attached hydrogens (tertiary/aromatic N) is 1. The van der Waals surface area contributed by atoms with Gasteiger partial charge in [-0.25, -0.2) is 4.79 Å². The van der Waals surface area contributed by atoms with Crippen molar-refractivity contribution >= 4 is 29.3 Å². The summed E-state index contributed by atoms with van der Waals surface area (Å²) >= 11 is 0. The lowest BCUT2D eigenvalue weighted by Gasteiger charge is -2.29. The Morgan fingerprint density at radius 2 is 1.92 bits per heavy atom. The van der Waals surface area contributed by atoms with Gasteiger partial charge >= 0.3 is 12.1 Å². The van der Waals surface area contributed by atoms with Crippen LogP contribution in [0, 0.1) is 11.8 Å². The fourth-order valence-corrected chi connectivity index (χ4v) is 3.56. The van der Waals surface area contributed by atoms with Crippen LogP contribution < -0.4 is 10.2 Å². The molecular formula is C19H22N2O5. The molecule has 1 aliphatic carbocycles. The SMILES string of the molecule is COC(=O)N1CCCc2ccc(NC(=O)C3CC=CCC3C(=O)O)cc21. The maximum absolute atomic E-state index is 12.6. The van der Waals surface area contributed by atoms with Gasteiger partial charge in [0.05, 0.1) is 24.6 Å². The number of anilines is 2. The van der Waals surface area contributed by atoms with Crippen LogP contribution in [0.15, 0.2) is 30.4 Å². The Morgan fingerprint density at radius 3 is 2.62 bits per heavy atom. The van der Waals surface area contributed by atoms with Crippen molar-refractivity contribution < 1.29 is 24.2 Å². The standard InChI is InChI=1S/C19H22N2O5/c1-26-19(25)21-10-4-5-12-8-9-13(11-16(12)21)20-17(22)14-6-2-3-7-15(14)18(23)24/h2-3,8-9,11,14-15H,4-7,10H2,1H3,(H,20,22)(H,23,24). The maximum atomic E-state index is 12.6. The average molecular weight is 358 g/mol. The molecule has 1 aromatic carbocycles. The summed E-state index contributed by atoms with van der Waals surface area (Å²) in [5, 5.41) is 12.1. The summed E-state index contributed by atoms with van der Waals surface area (Å²) in [6, 6.07) is 5.42. The van der Waals surface area contributed by atoms with E-state index in [1.165, 1.54) is 7.11 Å². The molecule has 0 fully saturated rings. The predicted octanol–water partition coefficient (Wildman–Crippen LogP) is 2.81. The summed E-state index contributed by atoms with van der Waals surface area (Å²) in [6.07, 6.45) is 5.67. The molecule has 0 bridgehead atoms. The number of ether oxygens (including phenoxy) is 1. The third-order valence-electron chi connectivity index (χ3n) is 4.95.